The smallest absolute Gasteiger partial charge is 0.325 e. The normalized spacial score (nSPS) is 13.8. The topological polar surface area (TPSA) is 74.7 Å². The van der Waals surface area contributed by atoms with Gasteiger partial charge in [0.15, 0.2) is 5.82 Å². The van der Waals surface area contributed by atoms with Gasteiger partial charge in [-0.05, 0) is 54.1 Å². The predicted molar refractivity (Wildman–Crippen MR) is 119 cm³/mol. The molecule has 3 aromatic rings. The molecular formula is C23H16ClF3N4O2. The van der Waals surface area contributed by atoms with Gasteiger partial charge in [0.25, 0.3) is 0 Å². The Kier molecular flexibility index (Phi) is 6.15. The van der Waals surface area contributed by atoms with Crippen molar-refractivity contribution in [2.24, 2.45) is 4.99 Å². The number of anilines is 2. The Morgan fingerprint density at radius 1 is 1.06 bits per heavy atom. The second-order valence-corrected chi connectivity index (χ2v) is 7.63. The van der Waals surface area contributed by atoms with Gasteiger partial charge in [0.2, 0.25) is 11.8 Å². The molecule has 1 N–H and O–H groups in total. The van der Waals surface area contributed by atoms with Crippen molar-refractivity contribution in [1.29, 1.82) is 0 Å². The molecule has 10 heteroatoms. The average Bonchev–Trinajstić information content (AvgIpc) is 2.91. The van der Waals surface area contributed by atoms with Crippen molar-refractivity contribution in [3.05, 3.63) is 83.0 Å². The van der Waals surface area contributed by atoms with E-state index < -0.39 is 23.6 Å². The number of hydrogen-bond acceptors (Lipinski definition) is 4. The van der Waals surface area contributed by atoms with E-state index in [9.17, 15) is 22.8 Å². The van der Waals surface area contributed by atoms with Gasteiger partial charge in [-0.2, -0.15) is 13.2 Å². The molecule has 1 aliphatic heterocycles. The second-order valence-electron chi connectivity index (χ2n) is 7.19. The third-order valence-corrected chi connectivity index (χ3v) is 5.12. The summed E-state index contributed by atoms with van der Waals surface area (Å²) >= 11 is 5.95. The molecule has 0 spiro atoms. The number of rotatable bonds is 4. The fourth-order valence-electron chi connectivity index (χ4n) is 3.28. The summed E-state index contributed by atoms with van der Waals surface area (Å²) in [7, 11) is 0. The molecule has 2 amide bonds. The van der Waals surface area contributed by atoms with E-state index in [1.807, 2.05) is 0 Å². The number of nitrogens with one attached hydrogen (secondary N) is 1. The third-order valence-electron chi connectivity index (χ3n) is 4.87. The van der Waals surface area contributed by atoms with Crippen molar-refractivity contribution in [3.63, 3.8) is 0 Å². The molecule has 1 aliphatic rings. The quantitative estimate of drug-likeness (QED) is 0.563. The minimum absolute atomic E-state index is 0.0778. The molecule has 0 radical (unpaired) electrons. The number of aliphatic imine (C=N–C) groups is 1. The van der Waals surface area contributed by atoms with Crippen LogP contribution in [-0.2, 0) is 15.8 Å². The monoisotopic (exact) mass is 472 g/mol. The SMILES string of the molecule is O=C(CN1C(=O)CC(c2ccc(Cl)cc2)=Nc2cccnc21)Nc1ccc(C(F)(F)F)cc1. The van der Waals surface area contributed by atoms with E-state index >= 15 is 0 Å². The van der Waals surface area contributed by atoms with Crippen LogP contribution in [0.15, 0.2) is 71.9 Å². The van der Waals surface area contributed by atoms with E-state index in [1.54, 1.807) is 36.4 Å². The van der Waals surface area contributed by atoms with Gasteiger partial charge in [-0.3, -0.25) is 14.5 Å². The van der Waals surface area contributed by atoms with Crippen LogP contribution < -0.4 is 10.2 Å². The summed E-state index contributed by atoms with van der Waals surface area (Å²) in [6, 6.07) is 14.3. The maximum Gasteiger partial charge on any atom is 0.416 e. The number of carbonyl (C=O) groups is 2. The van der Waals surface area contributed by atoms with Crippen LogP contribution in [0, 0.1) is 0 Å². The standard InChI is InChI=1S/C23H16ClF3N4O2/c24-16-7-3-14(4-8-16)19-12-21(33)31(22-18(30-19)2-1-11-28-22)13-20(32)29-17-9-5-15(6-10-17)23(25,26)27/h1-11H,12-13H2,(H,29,32). The Hall–Kier alpha value is -3.72. The zero-order valence-corrected chi connectivity index (χ0v) is 17.7. The summed E-state index contributed by atoms with van der Waals surface area (Å²) in [5.74, 6) is -0.771. The van der Waals surface area contributed by atoms with Crippen molar-refractivity contribution in [2.75, 3.05) is 16.8 Å². The summed E-state index contributed by atoms with van der Waals surface area (Å²) in [6.45, 7) is -0.382. The highest BCUT2D eigenvalue weighted by Crippen LogP contribution is 2.32. The molecule has 0 bridgehead atoms. The molecule has 2 heterocycles. The van der Waals surface area contributed by atoms with Crippen LogP contribution in [0.25, 0.3) is 0 Å². The van der Waals surface area contributed by atoms with Gasteiger partial charge in [0.05, 0.1) is 17.7 Å². The lowest BCUT2D eigenvalue weighted by molar-refractivity contribution is -0.137. The van der Waals surface area contributed by atoms with Gasteiger partial charge >= 0.3 is 6.18 Å². The molecule has 0 saturated heterocycles. The number of pyridine rings is 1. The first kappa shape index (κ1) is 22.5. The highest BCUT2D eigenvalue weighted by molar-refractivity contribution is 6.30. The number of alkyl halides is 3. The van der Waals surface area contributed by atoms with Gasteiger partial charge in [-0.25, -0.2) is 9.98 Å². The van der Waals surface area contributed by atoms with E-state index in [4.69, 9.17) is 11.6 Å². The van der Waals surface area contributed by atoms with E-state index in [-0.39, 0.29) is 24.5 Å². The van der Waals surface area contributed by atoms with Gasteiger partial charge in [-0.15, -0.1) is 0 Å². The van der Waals surface area contributed by atoms with Crippen molar-refractivity contribution in [3.8, 4) is 0 Å². The van der Waals surface area contributed by atoms with Crippen LogP contribution >= 0.6 is 11.6 Å². The van der Waals surface area contributed by atoms with Crippen LogP contribution in [-0.4, -0.2) is 29.1 Å². The van der Waals surface area contributed by atoms with Crippen LogP contribution in [0.3, 0.4) is 0 Å². The number of aromatic nitrogens is 1. The van der Waals surface area contributed by atoms with E-state index in [1.165, 1.54) is 11.1 Å². The van der Waals surface area contributed by atoms with Gasteiger partial charge in [-0.1, -0.05) is 23.7 Å². The van der Waals surface area contributed by atoms with E-state index in [0.29, 0.717) is 22.0 Å². The number of hydrogen-bond donors (Lipinski definition) is 1. The lowest BCUT2D eigenvalue weighted by atomic mass is 10.1. The second kappa shape index (κ2) is 9.03. The lowest BCUT2D eigenvalue weighted by Crippen LogP contribution is -2.39. The first-order valence-electron chi connectivity index (χ1n) is 9.77. The van der Waals surface area contributed by atoms with E-state index in [2.05, 4.69) is 15.3 Å². The molecule has 0 atom stereocenters. The minimum atomic E-state index is -4.47. The Bertz CT molecular complexity index is 1230. The van der Waals surface area contributed by atoms with Crippen molar-refractivity contribution < 1.29 is 22.8 Å². The summed E-state index contributed by atoms with van der Waals surface area (Å²) in [6.07, 6.45) is -3.07. The number of fused-ring (bicyclic) bond motifs is 1. The molecule has 168 valence electrons. The fourth-order valence-corrected chi connectivity index (χ4v) is 3.41. The predicted octanol–water partition coefficient (Wildman–Crippen LogP) is 5.25. The molecule has 2 aromatic carbocycles. The molecule has 0 aliphatic carbocycles. The number of nitrogens with zero attached hydrogens (tertiary/aromatic N) is 3. The minimum Gasteiger partial charge on any atom is -0.325 e. The lowest BCUT2D eigenvalue weighted by Gasteiger charge is -2.20. The highest BCUT2D eigenvalue weighted by atomic mass is 35.5. The number of amides is 2. The Morgan fingerprint density at radius 3 is 2.42 bits per heavy atom. The van der Waals surface area contributed by atoms with Crippen molar-refractivity contribution in [2.45, 2.75) is 12.6 Å². The number of benzene rings is 2. The zero-order valence-electron chi connectivity index (χ0n) is 16.9. The Labute approximate surface area is 191 Å². The average molecular weight is 473 g/mol. The maximum atomic E-state index is 13.0. The molecule has 4 rings (SSSR count). The van der Waals surface area contributed by atoms with E-state index in [0.717, 1.165) is 24.3 Å². The third kappa shape index (κ3) is 5.20. The fraction of sp³-hybridized carbons (Fsp3) is 0.130. The van der Waals surface area contributed by atoms with Crippen molar-refractivity contribution >= 4 is 46.3 Å². The van der Waals surface area contributed by atoms with Gasteiger partial charge in [0, 0.05) is 16.9 Å². The van der Waals surface area contributed by atoms with Crippen molar-refractivity contribution in [1.82, 2.24) is 4.98 Å². The first-order chi connectivity index (χ1) is 15.7. The summed E-state index contributed by atoms with van der Waals surface area (Å²) < 4.78 is 38.2. The van der Waals surface area contributed by atoms with Crippen LogP contribution in [0.5, 0.6) is 0 Å². The van der Waals surface area contributed by atoms with Gasteiger partial charge < -0.3 is 5.32 Å². The summed E-state index contributed by atoms with van der Waals surface area (Å²) in [5, 5.41) is 3.05. The Morgan fingerprint density at radius 2 is 1.76 bits per heavy atom. The summed E-state index contributed by atoms with van der Waals surface area (Å²) in [4.78, 5) is 35.7. The number of carbonyl (C=O) groups excluding carboxylic acids is 2. The highest BCUT2D eigenvalue weighted by Gasteiger charge is 2.30. The molecule has 0 saturated carbocycles. The molecule has 0 unspecified atom stereocenters. The Balaban J connectivity index is 1.55. The maximum absolute atomic E-state index is 13.0. The largest absolute Gasteiger partial charge is 0.416 e. The first-order valence-corrected chi connectivity index (χ1v) is 10.1. The molecule has 0 fully saturated rings. The van der Waals surface area contributed by atoms with Crippen LogP contribution in [0.4, 0.5) is 30.4 Å². The summed E-state index contributed by atoms with van der Waals surface area (Å²) in [5.41, 5.74) is 0.966. The van der Waals surface area contributed by atoms with Crippen LogP contribution in [0.2, 0.25) is 5.02 Å². The number of halogens is 4. The van der Waals surface area contributed by atoms with Crippen LogP contribution in [0.1, 0.15) is 17.5 Å². The molecular weight excluding hydrogens is 457 g/mol. The molecule has 1 aromatic heterocycles. The molecule has 33 heavy (non-hydrogen) atoms. The molecule has 6 nitrogen and oxygen atoms in total. The zero-order chi connectivity index (χ0) is 23.6. The van der Waals surface area contributed by atoms with Gasteiger partial charge in [0.1, 0.15) is 12.2 Å².